The average Bonchev–Trinajstić information content (AvgIpc) is 1.62. The summed E-state index contributed by atoms with van der Waals surface area (Å²) in [6.07, 6.45) is -4.74. The average molecular weight is 253 g/mol. The Balaban J connectivity index is 4.06. The van der Waals surface area contributed by atoms with Gasteiger partial charge in [-0.1, -0.05) is 0 Å². The largest absolute Gasteiger partial charge is 0.472 e. The predicted molar refractivity (Wildman–Crippen MR) is 32.8 cm³/mol. The van der Waals surface area contributed by atoms with E-state index in [9.17, 15) is 18.0 Å². The summed E-state index contributed by atoms with van der Waals surface area (Å²) in [4.78, 5) is 9.96. The predicted octanol–water partition coefficient (Wildman–Crippen LogP) is 1.36. The molecular weight excluding hydrogens is 250 g/mol. The van der Waals surface area contributed by atoms with Crippen LogP contribution in [0.5, 0.6) is 0 Å². The Kier molecular flexibility index (Phi) is 2.71. The molecule has 2 nitrogen and oxygen atoms in total. The minimum absolute atomic E-state index is 0.456. The monoisotopic (exact) mass is 253 g/mol. The van der Waals surface area contributed by atoms with E-state index >= 15 is 0 Å². The molecule has 0 saturated carbocycles. The molecule has 0 aromatic rings. The maximum atomic E-state index is 11.3. The highest BCUT2D eigenvalue weighted by molar-refractivity contribution is 14.1. The van der Waals surface area contributed by atoms with Crippen molar-refractivity contribution < 1.29 is 18.0 Å². The number of alkyl halides is 3. The Morgan fingerprint density at radius 2 is 1.89 bits per heavy atom. The standard InChI is InChI=1S/C3H3F3INO/c1-8(7)2(9)3(4,5)6/h1H3. The summed E-state index contributed by atoms with van der Waals surface area (Å²) in [5.41, 5.74) is 0. The van der Waals surface area contributed by atoms with E-state index in [1.54, 1.807) is 0 Å². The van der Waals surface area contributed by atoms with Crippen molar-refractivity contribution in [1.29, 1.82) is 0 Å². The van der Waals surface area contributed by atoms with Crippen molar-refractivity contribution in [3.8, 4) is 0 Å². The van der Waals surface area contributed by atoms with Gasteiger partial charge in [-0.05, 0) is 0 Å². The molecule has 0 fully saturated rings. The molecule has 0 radical (unpaired) electrons. The number of nitrogens with zero attached hydrogens (tertiary/aromatic N) is 1. The summed E-state index contributed by atoms with van der Waals surface area (Å²) in [7, 11) is 1.04. The zero-order chi connectivity index (χ0) is 7.65. The number of carbonyl (C=O) groups is 1. The van der Waals surface area contributed by atoms with Crippen LogP contribution in [-0.2, 0) is 4.79 Å². The third-order valence-electron chi connectivity index (χ3n) is 0.522. The van der Waals surface area contributed by atoms with Gasteiger partial charge in [0.1, 0.15) is 0 Å². The molecule has 0 saturated heterocycles. The fourth-order valence-corrected chi connectivity index (χ4v) is 0.448. The lowest BCUT2D eigenvalue weighted by Crippen LogP contribution is -2.32. The van der Waals surface area contributed by atoms with E-state index in [1.807, 2.05) is 0 Å². The maximum absolute atomic E-state index is 11.3. The first-order chi connectivity index (χ1) is 3.85. The summed E-state index contributed by atoms with van der Waals surface area (Å²) < 4.78 is 34.4. The number of hydrogen-bond donors (Lipinski definition) is 0. The molecule has 0 rings (SSSR count). The van der Waals surface area contributed by atoms with Gasteiger partial charge in [0.15, 0.2) is 0 Å². The molecule has 54 valence electrons. The van der Waals surface area contributed by atoms with Crippen LogP contribution in [0.2, 0.25) is 0 Å². The van der Waals surface area contributed by atoms with Crippen LogP contribution < -0.4 is 0 Å². The normalized spacial score (nSPS) is 11.2. The van der Waals surface area contributed by atoms with E-state index in [0.29, 0.717) is 3.11 Å². The van der Waals surface area contributed by atoms with Crippen molar-refractivity contribution in [3.05, 3.63) is 0 Å². The molecule has 0 aliphatic heterocycles. The summed E-state index contributed by atoms with van der Waals surface area (Å²) >= 11 is 1.26. The molecule has 0 aromatic carbocycles. The first kappa shape index (κ1) is 8.99. The van der Waals surface area contributed by atoms with Gasteiger partial charge in [-0.25, -0.2) is 0 Å². The molecule has 0 N–H and O–H groups in total. The number of amides is 1. The van der Waals surface area contributed by atoms with Gasteiger partial charge in [-0.15, -0.1) is 0 Å². The first-order valence-electron chi connectivity index (χ1n) is 1.86. The van der Waals surface area contributed by atoms with Crippen molar-refractivity contribution in [2.24, 2.45) is 0 Å². The Hall–Kier alpha value is -0.0100. The summed E-state index contributed by atoms with van der Waals surface area (Å²) in [6.45, 7) is 0. The highest BCUT2D eigenvalue weighted by atomic mass is 127. The van der Waals surface area contributed by atoms with E-state index in [1.165, 1.54) is 22.9 Å². The van der Waals surface area contributed by atoms with Gasteiger partial charge in [0.25, 0.3) is 0 Å². The molecule has 9 heavy (non-hydrogen) atoms. The Labute approximate surface area is 63.5 Å². The van der Waals surface area contributed by atoms with Crippen molar-refractivity contribution in [2.45, 2.75) is 6.18 Å². The molecule has 0 unspecified atom stereocenters. The second-order valence-corrected chi connectivity index (χ2v) is 2.73. The van der Waals surface area contributed by atoms with Gasteiger partial charge in [-0.2, -0.15) is 13.2 Å². The van der Waals surface area contributed by atoms with Crippen LogP contribution in [0, 0.1) is 0 Å². The molecule has 0 heterocycles. The van der Waals surface area contributed by atoms with Crippen LogP contribution in [0.3, 0.4) is 0 Å². The Bertz CT molecular complexity index is 121. The Morgan fingerprint density at radius 1 is 1.56 bits per heavy atom. The van der Waals surface area contributed by atoms with Crippen molar-refractivity contribution in [2.75, 3.05) is 7.05 Å². The van der Waals surface area contributed by atoms with Gasteiger partial charge < -0.3 is 0 Å². The highest BCUT2D eigenvalue weighted by Gasteiger charge is 2.40. The van der Waals surface area contributed by atoms with Gasteiger partial charge in [-0.3, -0.25) is 7.91 Å². The summed E-state index contributed by atoms with van der Waals surface area (Å²) in [5, 5.41) is 0. The van der Waals surface area contributed by atoms with Crippen molar-refractivity contribution >= 4 is 28.8 Å². The second-order valence-electron chi connectivity index (χ2n) is 1.28. The van der Waals surface area contributed by atoms with E-state index < -0.39 is 12.1 Å². The minimum Gasteiger partial charge on any atom is -0.280 e. The fourth-order valence-electron chi connectivity index (χ4n) is 0.175. The van der Waals surface area contributed by atoms with Crippen LogP contribution in [0.25, 0.3) is 0 Å². The molecule has 6 heteroatoms. The molecular formula is C3H3F3INO. The lowest BCUT2D eigenvalue weighted by atomic mass is 10.6. The quantitative estimate of drug-likeness (QED) is 0.471. The van der Waals surface area contributed by atoms with E-state index in [4.69, 9.17) is 0 Å². The molecule has 0 atom stereocenters. The zero-order valence-electron chi connectivity index (χ0n) is 4.37. The summed E-state index contributed by atoms with van der Waals surface area (Å²) in [6, 6.07) is 0. The van der Waals surface area contributed by atoms with Gasteiger partial charge in [0.05, 0.1) is 22.9 Å². The van der Waals surface area contributed by atoms with E-state index in [2.05, 4.69) is 0 Å². The Morgan fingerprint density at radius 3 is 1.89 bits per heavy atom. The van der Waals surface area contributed by atoms with Crippen LogP contribution in [0.1, 0.15) is 0 Å². The zero-order valence-corrected chi connectivity index (χ0v) is 6.52. The highest BCUT2D eigenvalue weighted by Crippen LogP contribution is 2.18. The van der Waals surface area contributed by atoms with Gasteiger partial charge >= 0.3 is 12.1 Å². The van der Waals surface area contributed by atoms with Crippen LogP contribution in [-0.4, -0.2) is 22.2 Å². The number of carbonyl (C=O) groups excluding carboxylic acids is 1. The van der Waals surface area contributed by atoms with Crippen LogP contribution in [0.4, 0.5) is 13.2 Å². The molecule has 1 amide bonds. The van der Waals surface area contributed by atoms with Gasteiger partial charge in [0.2, 0.25) is 0 Å². The first-order valence-corrected chi connectivity index (χ1v) is 2.83. The number of halogens is 4. The molecule has 0 bridgehead atoms. The molecule has 0 spiro atoms. The maximum Gasteiger partial charge on any atom is 0.472 e. The van der Waals surface area contributed by atoms with Crippen molar-refractivity contribution in [3.63, 3.8) is 0 Å². The lowest BCUT2D eigenvalue weighted by molar-refractivity contribution is -0.177. The fraction of sp³-hybridized carbons (Fsp3) is 0.667. The topological polar surface area (TPSA) is 20.3 Å². The molecule has 0 aromatic heterocycles. The third-order valence-corrected chi connectivity index (χ3v) is 0.961. The second kappa shape index (κ2) is 2.72. The smallest absolute Gasteiger partial charge is 0.280 e. The SMILES string of the molecule is CN(I)C(=O)C(F)(F)F. The number of rotatable bonds is 0. The van der Waals surface area contributed by atoms with E-state index in [-0.39, 0.29) is 0 Å². The minimum atomic E-state index is -4.74. The molecule has 0 aliphatic rings. The third kappa shape index (κ3) is 2.87. The van der Waals surface area contributed by atoms with Crippen molar-refractivity contribution in [1.82, 2.24) is 3.11 Å². The van der Waals surface area contributed by atoms with Gasteiger partial charge in [0, 0.05) is 7.05 Å². The van der Waals surface area contributed by atoms with E-state index in [0.717, 1.165) is 7.05 Å². The van der Waals surface area contributed by atoms with Crippen LogP contribution in [0.15, 0.2) is 0 Å². The summed E-state index contributed by atoms with van der Waals surface area (Å²) in [5.74, 6) is -1.84. The van der Waals surface area contributed by atoms with Crippen LogP contribution >= 0.6 is 22.9 Å². The molecule has 0 aliphatic carbocycles. The lowest BCUT2D eigenvalue weighted by Gasteiger charge is -2.09. The number of hydrogen-bond acceptors (Lipinski definition) is 1.